The number of benzene rings is 2. The highest BCUT2D eigenvalue weighted by Crippen LogP contribution is 2.27. The summed E-state index contributed by atoms with van der Waals surface area (Å²) in [5.41, 5.74) is 1.04. The lowest BCUT2D eigenvalue weighted by molar-refractivity contribution is -0.385. The molecule has 218 valence electrons. The number of ether oxygens (including phenoxy) is 2. The third kappa shape index (κ3) is 7.22. The zero-order valence-corrected chi connectivity index (χ0v) is 23.1. The average molecular weight is 588 g/mol. The number of likely N-dealkylation sites (N-methyl/N-ethyl adjacent to an activating group) is 1. The zero-order valence-electron chi connectivity index (χ0n) is 22.2. The number of rotatable bonds is 8. The van der Waals surface area contributed by atoms with Gasteiger partial charge in [0.05, 0.1) is 15.9 Å². The number of amides is 3. The van der Waals surface area contributed by atoms with Crippen molar-refractivity contribution in [2.45, 2.75) is 43.4 Å². The number of thiol groups is 1. The van der Waals surface area contributed by atoms with E-state index in [4.69, 9.17) is 9.47 Å². The van der Waals surface area contributed by atoms with Gasteiger partial charge in [-0.3, -0.25) is 29.9 Å². The van der Waals surface area contributed by atoms with Crippen LogP contribution in [0.3, 0.4) is 0 Å². The number of nitrogens with zero attached hydrogens (tertiary/aromatic N) is 5. The van der Waals surface area contributed by atoms with Crippen LogP contribution in [0, 0.1) is 20.2 Å². The van der Waals surface area contributed by atoms with Gasteiger partial charge in [-0.25, -0.2) is 9.59 Å². The molecule has 3 amide bonds. The summed E-state index contributed by atoms with van der Waals surface area (Å²) in [6, 6.07) is 10.3. The Bertz CT molecular complexity index is 1310. The van der Waals surface area contributed by atoms with E-state index in [9.17, 15) is 34.6 Å². The molecule has 0 unspecified atom stereocenters. The maximum absolute atomic E-state index is 13.4. The van der Waals surface area contributed by atoms with Gasteiger partial charge in [0.15, 0.2) is 0 Å². The quantitative estimate of drug-likeness (QED) is 0.277. The van der Waals surface area contributed by atoms with Crippen LogP contribution in [0.1, 0.15) is 24.0 Å². The van der Waals surface area contributed by atoms with Crippen molar-refractivity contribution in [3.63, 3.8) is 0 Å². The third-order valence-electron chi connectivity index (χ3n) is 7.13. The minimum Gasteiger partial charge on any atom is -0.445 e. The summed E-state index contributed by atoms with van der Waals surface area (Å²) >= 11 is 4.47. The first-order valence-corrected chi connectivity index (χ1v) is 13.3. The fourth-order valence-corrected chi connectivity index (χ4v) is 5.15. The standard InChI is InChI=1S/C26H29N5O9S/c1-27(25(33)39-15-17-2-6-19(7-3-17)30(35)36)21-10-11-28(13-21)24(32)23-12-22(41)14-29(23)26(34)40-16-18-4-8-20(9-5-18)31(37)38/h2-9,21-23,41H,10-16H2,1H3/t21-,22-,23-/m0/s1. The molecule has 0 radical (unpaired) electrons. The molecule has 0 aromatic heterocycles. The van der Waals surface area contributed by atoms with E-state index in [2.05, 4.69) is 12.6 Å². The fraction of sp³-hybridized carbons (Fsp3) is 0.423. The molecule has 41 heavy (non-hydrogen) atoms. The Morgan fingerprint density at radius 3 is 2.00 bits per heavy atom. The van der Waals surface area contributed by atoms with Gasteiger partial charge in [-0.2, -0.15) is 12.6 Å². The van der Waals surface area contributed by atoms with Gasteiger partial charge < -0.3 is 19.3 Å². The van der Waals surface area contributed by atoms with Gasteiger partial charge in [-0.1, -0.05) is 0 Å². The molecule has 0 aliphatic carbocycles. The first kappa shape index (κ1) is 29.6. The minimum absolute atomic E-state index is 0.0567. The van der Waals surface area contributed by atoms with Crippen LogP contribution in [-0.4, -0.2) is 86.7 Å². The summed E-state index contributed by atoms with van der Waals surface area (Å²) < 4.78 is 10.7. The molecule has 4 rings (SSSR count). The Hall–Kier alpha value is -4.40. The largest absolute Gasteiger partial charge is 0.445 e. The summed E-state index contributed by atoms with van der Waals surface area (Å²) in [6.07, 6.45) is -0.393. The Morgan fingerprint density at radius 1 is 0.927 bits per heavy atom. The molecular formula is C26H29N5O9S. The lowest BCUT2D eigenvalue weighted by atomic mass is 10.2. The fourth-order valence-electron chi connectivity index (χ4n) is 4.77. The van der Waals surface area contributed by atoms with Crippen LogP contribution in [-0.2, 0) is 27.5 Å². The monoisotopic (exact) mass is 587 g/mol. The van der Waals surface area contributed by atoms with Crippen LogP contribution < -0.4 is 0 Å². The first-order valence-electron chi connectivity index (χ1n) is 12.8. The van der Waals surface area contributed by atoms with Gasteiger partial charge in [0, 0.05) is 56.2 Å². The Balaban J connectivity index is 1.28. The number of hydrogen-bond acceptors (Lipinski definition) is 10. The SMILES string of the molecule is CN(C(=O)OCc1ccc([N+](=O)[O-])cc1)[C@H]1CCN(C(=O)[C@@H]2C[C@H](S)CN2C(=O)OCc2ccc([N+](=O)[O-])cc2)C1. The number of likely N-dealkylation sites (tertiary alicyclic amines) is 2. The summed E-state index contributed by atoms with van der Waals surface area (Å²) in [4.78, 5) is 63.8. The van der Waals surface area contributed by atoms with Gasteiger partial charge in [0.2, 0.25) is 5.91 Å². The van der Waals surface area contributed by atoms with Gasteiger partial charge >= 0.3 is 12.2 Å². The molecule has 0 bridgehead atoms. The second kappa shape index (κ2) is 12.8. The first-order chi connectivity index (χ1) is 19.5. The second-order valence-electron chi connectivity index (χ2n) is 9.85. The molecule has 0 spiro atoms. The van der Waals surface area contributed by atoms with Gasteiger partial charge in [-0.05, 0) is 48.2 Å². The lowest BCUT2D eigenvalue weighted by Crippen LogP contribution is -2.48. The van der Waals surface area contributed by atoms with Crippen molar-refractivity contribution in [2.24, 2.45) is 0 Å². The Kier molecular flexibility index (Phi) is 9.27. The molecule has 15 heteroatoms. The topological polar surface area (TPSA) is 166 Å². The molecule has 2 aliphatic heterocycles. The number of carbonyl (C=O) groups is 3. The number of hydrogen-bond donors (Lipinski definition) is 1. The van der Waals surface area contributed by atoms with Crippen molar-refractivity contribution in [3.8, 4) is 0 Å². The smallest absolute Gasteiger partial charge is 0.410 e. The van der Waals surface area contributed by atoms with Crippen molar-refractivity contribution in [1.82, 2.24) is 14.7 Å². The lowest BCUT2D eigenvalue weighted by Gasteiger charge is -2.28. The van der Waals surface area contributed by atoms with Crippen LogP contribution >= 0.6 is 12.6 Å². The molecule has 14 nitrogen and oxygen atoms in total. The molecule has 3 atom stereocenters. The Morgan fingerprint density at radius 2 is 1.46 bits per heavy atom. The third-order valence-corrected chi connectivity index (χ3v) is 7.50. The van der Waals surface area contributed by atoms with Crippen LogP contribution in [0.5, 0.6) is 0 Å². The molecule has 2 aliphatic rings. The second-order valence-corrected chi connectivity index (χ2v) is 10.6. The summed E-state index contributed by atoms with van der Waals surface area (Å²) in [5, 5.41) is 21.4. The van der Waals surface area contributed by atoms with Crippen molar-refractivity contribution < 1.29 is 33.7 Å². The molecule has 0 saturated carbocycles. The number of non-ortho nitro benzene ring substituents is 2. The Labute approximate surface area is 240 Å². The van der Waals surface area contributed by atoms with E-state index < -0.39 is 28.1 Å². The molecule has 2 heterocycles. The van der Waals surface area contributed by atoms with Crippen molar-refractivity contribution in [1.29, 1.82) is 0 Å². The van der Waals surface area contributed by atoms with Crippen LogP contribution in [0.2, 0.25) is 0 Å². The van der Waals surface area contributed by atoms with Crippen molar-refractivity contribution >= 4 is 42.1 Å². The summed E-state index contributed by atoms with van der Waals surface area (Å²) in [5.74, 6) is -0.260. The van der Waals surface area contributed by atoms with Crippen molar-refractivity contribution in [3.05, 3.63) is 79.9 Å². The number of carbonyl (C=O) groups excluding carboxylic acids is 3. The van der Waals surface area contributed by atoms with Crippen LogP contribution in [0.4, 0.5) is 21.0 Å². The van der Waals surface area contributed by atoms with E-state index in [1.807, 2.05) is 0 Å². The molecule has 2 saturated heterocycles. The van der Waals surface area contributed by atoms with Gasteiger partial charge in [0.25, 0.3) is 11.4 Å². The molecule has 2 fully saturated rings. The maximum Gasteiger partial charge on any atom is 0.410 e. The van der Waals surface area contributed by atoms with Crippen molar-refractivity contribution in [2.75, 3.05) is 26.7 Å². The molecule has 2 aromatic rings. The van der Waals surface area contributed by atoms with E-state index in [0.29, 0.717) is 30.5 Å². The number of nitro benzene ring substituents is 2. The molecule has 0 N–H and O–H groups in total. The minimum atomic E-state index is -0.764. The van der Waals surface area contributed by atoms with E-state index in [1.54, 1.807) is 11.9 Å². The summed E-state index contributed by atoms with van der Waals surface area (Å²) in [6.45, 7) is 0.720. The predicted octanol–water partition coefficient (Wildman–Crippen LogP) is 3.38. The normalized spacial score (nSPS) is 20.0. The highest BCUT2D eigenvalue weighted by Gasteiger charge is 2.43. The highest BCUT2D eigenvalue weighted by molar-refractivity contribution is 7.81. The van der Waals surface area contributed by atoms with Crippen LogP contribution in [0.25, 0.3) is 0 Å². The maximum atomic E-state index is 13.4. The number of nitro groups is 2. The van der Waals surface area contributed by atoms with E-state index in [-0.39, 0.29) is 54.9 Å². The predicted molar refractivity (Wildman–Crippen MR) is 147 cm³/mol. The van der Waals surface area contributed by atoms with Gasteiger partial charge in [0.1, 0.15) is 19.3 Å². The molecule has 2 aromatic carbocycles. The van der Waals surface area contributed by atoms with E-state index >= 15 is 0 Å². The molecular weight excluding hydrogens is 558 g/mol. The van der Waals surface area contributed by atoms with Crippen LogP contribution in [0.15, 0.2) is 48.5 Å². The summed E-state index contributed by atoms with van der Waals surface area (Å²) in [7, 11) is 1.58. The average Bonchev–Trinajstić information content (AvgIpc) is 3.61. The van der Waals surface area contributed by atoms with Gasteiger partial charge in [-0.15, -0.1) is 0 Å². The van der Waals surface area contributed by atoms with E-state index in [1.165, 1.54) is 58.3 Å². The highest BCUT2D eigenvalue weighted by atomic mass is 32.1. The zero-order chi connectivity index (χ0) is 29.7. The van der Waals surface area contributed by atoms with E-state index in [0.717, 1.165) is 0 Å².